The van der Waals surface area contributed by atoms with Gasteiger partial charge in [0.25, 0.3) is 0 Å². The van der Waals surface area contributed by atoms with Crippen LogP contribution in [0, 0.1) is 0 Å². The van der Waals surface area contributed by atoms with Gasteiger partial charge < -0.3 is 11.5 Å². The van der Waals surface area contributed by atoms with Gasteiger partial charge >= 0.3 is 6.03 Å². The highest BCUT2D eigenvalue weighted by Gasteiger charge is 2.14. The summed E-state index contributed by atoms with van der Waals surface area (Å²) in [6.07, 6.45) is 0. The average Bonchev–Trinajstić information content (AvgIpc) is 2.06. The minimum Gasteiger partial charge on any atom is -0.398 e. The Balaban J connectivity index is 2.87. The lowest BCUT2D eigenvalue weighted by molar-refractivity contribution is 0.253. The van der Waals surface area contributed by atoms with Crippen molar-refractivity contribution in [3.8, 4) is 0 Å². The summed E-state index contributed by atoms with van der Waals surface area (Å²) < 4.78 is 24.2. The number of anilines is 1. The number of nitrogen functional groups attached to an aromatic ring is 1. The molecule has 0 aromatic heterocycles. The predicted octanol–water partition coefficient (Wildman–Crippen LogP) is -0.233. The molecule has 1 aromatic carbocycles. The van der Waals surface area contributed by atoms with Gasteiger partial charge in [-0.25, -0.2) is 17.9 Å². The van der Waals surface area contributed by atoms with Gasteiger partial charge in [0.05, 0.1) is 5.75 Å². The molecule has 0 aliphatic heterocycles. The number of hydrogen-bond donors (Lipinski definition) is 3. The molecule has 0 radical (unpaired) electrons. The zero-order chi connectivity index (χ0) is 11.5. The van der Waals surface area contributed by atoms with Gasteiger partial charge in [-0.15, -0.1) is 0 Å². The minimum absolute atomic E-state index is 0.354. The van der Waals surface area contributed by atoms with Crippen molar-refractivity contribution in [1.29, 1.82) is 0 Å². The van der Waals surface area contributed by atoms with Gasteiger partial charge in [-0.05, 0) is 11.6 Å². The number of rotatable bonds is 3. The number of amides is 2. The molecule has 0 fully saturated rings. The molecule has 1 aromatic rings. The lowest BCUT2D eigenvalue weighted by Crippen LogP contribution is -2.35. The SMILES string of the molecule is NC(=O)NS(=O)(=O)Cc1ccccc1N. The van der Waals surface area contributed by atoms with E-state index < -0.39 is 16.1 Å². The molecular weight excluding hydrogens is 218 g/mol. The highest BCUT2D eigenvalue weighted by atomic mass is 32.2. The maximum Gasteiger partial charge on any atom is 0.325 e. The van der Waals surface area contributed by atoms with E-state index in [0.29, 0.717) is 11.3 Å². The maximum atomic E-state index is 11.3. The molecular formula is C8H11N3O3S. The van der Waals surface area contributed by atoms with Crippen molar-refractivity contribution in [3.05, 3.63) is 29.8 Å². The van der Waals surface area contributed by atoms with Crippen LogP contribution in [0.5, 0.6) is 0 Å². The van der Waals surface area contributed by atoms with E-state index in [-0.39, 0.29) is 5.75 Å². The van der Waals surface area contributed by atoms with Crippen molar-refractivity contribution in [1.82, 2.24) is 4.72 Å². The van der Waals surface area contributed by atoms with Crippen molar-refractivity contribution in [2.75, 3.05) is 5.73 Å². The van der Waals surface area contributed by atoms with E-state index in [0.717, 1.165) is 0 Å². The molecule has 0 bridgehead atoms. The van der Waals surface area contributed by atoms with E-state index >= 15 is 0 Å². The van der Waals surface area contributed by atoms with E-state index in [2.05, 4.69) is 0 Å². The van der Waals surface area contributed by atoms with Crippen LogP contribution in [0.25, 0.3) is 0 Å². The molecule has 0 saturated carbocycles. The van der Waals surface area contributed by atoms with E-state index in [9.17, 15) is 13.2 Å². The number of primary amides is 1. The summed E-state index contributed by atoms with van der Waals surface area (Å²) in [5, 5.41) is 0. The van der Waals surface area contributed by atoms with Crippen LogP contribution in [0.4, 0.5) is 10.5 Å². The Morgan fingerprint density at radius 1 is 1.33 bits per heavy atom. The van der Waals surface area contributed by atoms with Crippen LogP contribution in [0.1, 0.15) is 5.56 Å². The Hall–Kier alpha value is -1.76. The lowest BCUT2D eigenvalue weighted by Gasteiger charge is -2.06. The summed E-state index contributed by atoms with van der Waals surface area (Å²) in [5.41, 5.74) is 11.0. The van der Waals surface area contributed by atoms with Crippen LogP contribution < -0.4 is 16.2 Å². The molecule has 0 spiro atoms. The highest BCUT2D eigenvalue weighted by Crippen LogP contribution is 2.13. The first-order chi connectivity index (χ1) is 6.91. The van der Waals surface area contributed by atoms with E-state index in [4.69, 9.17) is 11.5 Å². The van der Waals surface area contributed by atoms with Crippen LogP contribution >= 0.6 is 0 Å². The van der Waals surface area contributed by atoms with Crippen LogP contribution in [-0.2, 0) is 15.8 Å². The third-order valence-electron chi connectivity index (χ3n) is 1.66. The van der Waals surface area contributed by atoms with Gasteiger partial charge in [0.1, 0.15) is 0 Å². The van der Waals surface area contributed by atoms with Crippen molar-refractivity contribution >= 4 is 21.7 Å². The number of benzene rings is 1. The molecule has 0 heterocycles. The number of nitrogens with one attached hydrogen (secondary N) is 1. The van der Waals surface area contributed by atoms with Gasteiger partial charge in [0.2, 0.25) is 10.0 Å². The number of carbonyl (C=O) groups is 1. The van der Waals surface area contributed by atoms with E-state index in [1.807, 2.05) is 0 Å². The smallest absolute Gasteiger partial charge is 0.325 e. The van der Waals surface area contributed by atoms with Gasteiger partial charge in [-0.1, -0.05) is 18.2 Å². The quantitative estimate of drug-likeness (QED) is 0.620. The largest absolute Gasteiger partial charge is 0.398 e. The molecule has 0 saturated heterocycles. The molecule has 6 nitrogen and oxygen atoms in total. The number of nitrogens with two attached hydrogens (primary N) is 2. The van der Waals surface area contributed by atoms with E-state index in [1.165, 1.54) is 0 Å². The second-order valence-corrected chi connectivity index (χ2v) is 4.65. The fraction of sp³-hybridized carbons (Fsp3) is 0.125. The Labute approximate surface area is 87.3 Å². The zero-order valence-corrected chi connectivity index (χ0v) is 8.62. The number of sulfonamides is 1. The molecule has 15 heavy (non-hydrogen) atoms. The summed E-state index contributed by atoms with van der Waals surface area (Å²) in [4.78, 5) is 10.4. The predicted molar refractivity (Wildman–Crippen MR) is 56.2 cm³/mol. The Kier molecular flexibility index (Phi) is 3.15. The van der Waals surface area contributed by atoms with Crippen LogP contribution in [0.2, 0.25) is 0 Å². The number of para-hydroxylation sites is 1. The summed E-state index contributed by atoms with van der Waals surface area (Å²) >= 11 is 0. The minimum atomic E-state index is -3.76. The Morgan fingerprint density at radius 3 is 2.47 bits per heavy atom. The third kappa shape index (κ3) is 3.47. The molecule has 5 N–H and O–H groups in total. The third-order valence-corrected chi connectivity index (χ3v) is 2.86. The molecule has 7 heteroatoms. The monoisotopic (exact) mass is 229 g/mol. The molecule has 1 rings (SSSR count). The molecule has 0 atom stereocenters. The highest BCUT2D eigenvalue weighted by molar-refractivity contribution is 7.89. The molecule has 0 aliphatic carbocycles. The Morgan fingerprint density at radius 2 is 1.93 bits per heavy atom. The first kappa shape index (κ1) is 11.3. The van der Waals surface area contributed by atoms with Gasteiger partial charge in [-0.2, -0.15) is 0 Å². The fourth-order valence-electron chi connectivity index (χ4n) is 1.06. The normalized spacial score (nSPS) is 10.9. The molecule has 0 aliphatic rings. The van der Waals surface area contributed by atoms with Crippen LogP contribution in [-0.4, -0.2) is 14.4 Å². The second kappa shape index (κ2) is 4.18. The Bertz CT molecular complexity index is 470. The first-order valence-corrected chi connectivity index (χ1v) is 5.69. The van der Waals surface area contributed by atoms with Crippen LogP contribution in [0.15, 0.2) is 24.3 Å². The molecule has 2 amide bonds. The maximum absolute atomic E-state index is 11.3. The van der Waals surface area contributed by atoms with Gasteiger partial charge in [-0.3, -0.25) is 0 Å². The zero-order valence-electron chi connectivity index (χ0n) is 7.80. The van der Waals surface area contributed by atoms with E-state index in [1.54, 1.807) is 29.0 Å². The topological polar surface area (TPSA) is 115 Å². The van der Waals surface area contributed by atoms with Gasteiger partial charge in [0, 0.05) is 5.69 Å². The summed E-state index contributed by atoms with van der Waals surface area (Å²) in [7, 11) is -3.76. The summed E-state index contributed by atoms with van der Waals surface area (Å²) in [5.74, 6) is -0.372. The van der Waals surface area contributed by atoms with Crippen molar-refractivity contribution in [3.63, 3.8) is 0 Å². The fourth-order valence-corrected chi connectivity index (χ4v) is 2.11. The van der Waals surface area contributed by atoms with Gasteiger partial charge in [0.15, 0.2) is 0 Å². The lowest BCUT2D eigenvalue weighted by atomic mass is 10.2. The second-order valence-electron chi connectivity index (χ2n) is 2.92. The number of hydrogen-bond acceptors (Lipinski definition) is 4. The standard InChI is InChI=1S/C8H11N3O3S/c9-7-4-2-1-3-6(7)5-15(13,14)11-8(10)12/h1-4H,5,9H2,(H3,10,11,12). The van der Waals surface area contributed by atoms with Crippen molar-refractivity contribution in [2.45, 2.75) is 5.75 Å². The van der Waals surface area contributed by atoms with Crippen molar-refractivity contribution in [2.24, 2.45) is 5.73 Å². The number of carbonyl (C=O) groups excluding carboxylic acids is 1. The summed E-state index contributed by atoms with van der Waals surface area (Å²) in [6, 6.07) is 5.38. The van der Waals surface area contributed by atoms with Crippen molar-refractivity contribution < 1.29 is 13.2 Å². The average molecular weight is 229 g/mol. The summed E-state index contributed by atoms with van der Waals surface area (Å²) in [6.45, 7) is 0. The van der Waals surface area contributed by atoms with Crippen LogP contribution in [0.3, 0.4) is 0 Å². The number of urea groups is 1. The molecule has 82 valence electrons. The first-order valence-electron chi connectivity index (χ1n) is 4.04. The molecule has 0 unspecified atom stereocenters.